The van der Waals surface area contributed by atoms with Gasteiger partial charge in [-0.1, -0.05) is 60.2 Å². The number of nitrogens with one attached hydrogen (secondary N) is 1. The van der Waals surface area contributed by atoms with E-state index in [0.717, 1.165) is 22.3 Å². The lowest BCUT2D eigenvalue weighted by Gasteiger charge is -2.16. The Morgan fingerprint density at radius 1 is 0.818 bits per heavy atom. The average molecular weight is 436 g/mol. The molecule has 0 fully saturated rings. The molecular weight excluding hydrogens is 406 g/mol. The second-order valence-corrected chi connectivity index (χ2v) is 8.37. The van der Waals surface area contributed by atoms with E-state index in [2.05, 4.69) is 70.8 Å². The van der Waals surface area contributed by atoms with Gasteiger partial charge in [0.15, 0.2) is 11.6 Å². The molecule has 0 bridgehead atoms. The van der Waals surface area contributed by atoms with Gasteiger partial charge in [-0.15, -0.1) is 6.58 Å². The summed E-state index contributed by atoms with van der Waals surface area (Å²) in [5, 5.41) is 5.74. The number of nitrogen functional groups attached to an aromatic ring is 1. The molecule has 2 heterocycles. The van der Waals surface area contributed by atoms with Gasteiger partial charge in [-0.25, -0.2) is 9.97 Å². The molecule has 0 aliphatic heterocycles. The number of anilines is 3. The maximum Gasteiger partial charge on any atom is 0.166 e. The number of allylic oxidation sites excluding steroid dienone is 1. The van der Waals surface area contributed by atoms with Crippen molar-refractivity contribution in [3.63, 3.8) is 0 Å². The van der Waals surface area contributed by atoms with Crippen molar-refractivity contribution in [3.05, 3.63) is 96.3 Å². The molecule has 3 aromatic carbocycles. The Labute approximate surface area is 194 Å². The minimum atomic E-state index is 0.519. The minimum absolute atomic E-state index is 0.519. The van der Waals surface area contributed by atoms with Gasteiger partial charge < -0.3 is 11.1 Å². The quantitative estimate of drug-likeness (QED) is 0.297. The summed E-state index contributed by atoms with van der Waals surface area (Å²) < 4.78 is 2.12. The van der Waals surface area contributed by atoms with Gasteiger partial charge in [0.2, 0.25) is 0 Å². The number of para-hydroxylation sites is 3. The molecule has 5 aromatic rings. The smallest absolute Gasteiger partial charge is 0.166 e. The average Bonchev–Trinajstić information content (AvgIpc) is 3.12. The van der Waals surface area contributed by atoms with E-state index in [9.17, 15) is 0 Å². The van der Waals surface area contributed by atoms with Crippen LogP contribution in [-0.2, 0) is 0 Å². The Bertz CT molecular complexity index is 1410. The van der Waals surface area contributed by atoms with E-state index in [-0.39, 0.29) is 0 Å². The molecule has 0 spiro atoms. The highest BCUT2D eigenvalue weighted by molar-refractivity contribution is 6.09. The van der Waals surface area contributed by atoms with Crippen LogP contribution in [0.5, 0.6) is 0 Å². The molecule has 5 heteroatoms. The fourth-order valence-electron chi connectivity index (χ4n) is 3.82. The van der Waals surface area contributed by atoms with Crippen molar-refractivity contribution in [2.45, 2.75) is 27.7 Å². The summed E-state index contributed by atoms with van der Waals surface area (Å²) in [5.74, 6) is 1.96. The molecule has 5 nitrogen and oxygen atoms in total. The van der Waals surface area contributed by atoms with Gasteiger partial charge in [0.25, 0.3) is 0 Å². The second-order valence-electron chi connectivity index (χ2n) is 8.37. The zero-order chi connectivity index (χ0) is 23.5. The van der Waals surface area contributed by atoms with Crippen LogP contribution in [0, 0.1) is 13.8 Å². The summed E-state index contributed by atoms with van der Waals surface area (Å²) in [6.45, 7) is 11.4. The van der Waals surface area contributed by atoms with Gasteiger partial charge in [0.1, 0.15) is 11.5 Å². The number of nitrogens with two attached hydrogens (primary N) is 1. The standard InChI is InChI=1S/C24H21N5.C4H8/c1-15-9-3-6-12-19(15)28-23-22(25)24(27-16(2)26-23)29-20-13-7-4-10-17(20)18-11-5-8-14-21(18)29;1-4(2)3/h3-14H,25H2,1-2H3,(H,26,27,28);1H2,2-3H3. The number of hydrogen-bond donors (Lipinski definition) is 2. The summed E-state index contributed by atoms with van der Waals surface area (Å²) >= 11 is 0. The zero-order valence-electron chi connectivity index (χ0n) is 19.6. The van der Waals surface area contributed by atoms with Crippen LogP contribution in [0.1, 0.15) is 25.2 Å². The van der Waals surface area contributed by atoms with Crippen molar-refractivity contribution < 1.29 is 0 Å². The Kier molecular flexibility index (Phi) is 6.13. The predicted octanol–water partition coefficient (Wildman–Crippen LogP) is 7.10. The lowest BCUT2D eigenvalue weighted by Crippen LogP contribution is -2.10. The molecule has 3 N–H and O–H groups in total. The van der Waals surface area contributed by atoms with E-state index in [1.807, 2.05) is 51.1 Å². The van der Waals surface area contributed by atoms with Crippen molar-refractivity contribution >= 4 is 39.0 Å². The first-order valence-corrected chi connectivity index (χ1v) is 10.9. The van der Waals surface area contributed by atoms with Crippen LogP contribution in [0.2, 0.25) is 0 Å². The van der Waals surface area contributed by atoms with E-state index >= 15 is 0 Å². The first-order valence-electron chi connectivity index (χ1n) is 10.9. The lowest BCUT2D eigenvalue weighted by atomic mass is 10.2. The maximum absolute atomic E-state index is 6.62. The van der Waals surface area contributed by atoms with Gasteiger partial charge in [0.05, 0.1) is 11.0 Å². The molecule has 0 atom stereocenters. The van der Waals surface area contributed by atoms with E-state index in [4.69, 9.17) is 10.7 Å². The molecule has 0 unspecified atom stereocenters. The predicted molar refractivity (Wildman–Crippen MR) is 140 cm³/mol. The van der Waals surface area contributed by atoms with Crippen LogP contribution in [-0.4, -0.2) is 14.5 Å². The topological polar surface area (TPSA) is 68.8 Å². The van der Waals surface area contributed by atoms with Crippen molar-refractivity contribution in [1.82, 2.24) is 14.5 Å². The molecule has 0 saturated heterocycles. The van der Waals surface area contributed by atoms with Crippen molar-refractivity contribution in [2.75, 3.05) is 11.1 Å². The van der Waals surface area contributed by atoms with Crippen LogP contribution < -0.4 is 11.1 Å². The summed E-state index contributed by atoms with van der Waals surface area (Å²) in [7, 11) is 0. The number of nitrogens with zero attached hydrogens (tertiary/aromatic N) is 3. The number of aromatic nitrogens is 3. The number of rotatable bonds is 3. The molecule has 33 heavy (non-hydrogen) atoms. The normalized spacial score (nSPS) is 10.7. The number of aryl methyl sites for hydroxylation is 2. The summed E-state index contributed by atoms with van der Waals surface area (Å²) in [4.78, 5) is 9.31. The molecule has 5 rings (SSSR count). The van der Waals surface area contributed by atoms with Gasteiger partial charge in [-0.3, -0.25) is 4.57 Å². The number of benzene rings is 3. The van der Waals surface area contributed by atoms with Crippen LogP contribution in [0.4, 0.5) is 17.2 Å². The van der Waals surface area contributed by atoms with Crippen LogP contribution in [0.15, 0.2) is 84.9 Å². The Morgan fingerprint density at radius 3 is 1.91 bits per heavy atom. The van der Waals surface area contributed by atoms with E-state index in [0.29, 0.717) is 23.1 Å². The second kappa shape index (κ2) is 9.17. The Balaban J connectivity index is 0.000000601. The van der Waals surface area contributed by atoms with Gasteiger partial charge in [-0.05, 0) is 51.5 Å². The van der Waals surface area contributed by atoms with E-state index < -0.39 is 0 Å². The summed E-state index contributed by atoms with van der Waals surface area (Å²) in [5.41, 5.74) is 12.5. The summed E-state index contributed by atoms with van der Waals surface area (Å²) in [6.07, 6.45) is 0. The Morgan fingerprint density at radius 2 is 1.33 bits per heavy atom. The molecule has 0 amide bonds. The van der Waals surface area contributed by atoms with Gasteiger partial charge in [0, 0.05) is 16.5 Å². The van der Waals surface area contributed by atoms with Crippen LogP contribution in [0.3, 0.4) is 0 Å². The SMILES string of the molecule is C=C(C)C.Cc1nc(Nc2ccccc2C)c(N)c(-n2c3ccccc3c3ccccc32)n1. The van der Waals surface area contributed by atoms with Crippen LogP contribution >= 0.6 is 0 Å². The molecular formula is C28H29N5. The first kappa shape index (κ1) is 22.1. The summed E-state index contributed by atoms with van der Waals surface area (Å²) in [6, 6.07) is 24.7. The molecule has 0 aliphatic rings. The maximum atomic E-state index is 6.62. The largest absolute Gasteiger partial charge is 0.393 e. The van der Waals surface area contributed by atoms with Gasteiger partial charge >= 0.3 is 0 Å². The van der Waals surface area contributed by atoms with E-state index in [1.54, 1.807) is 0 Å². The molecule has 166 valence electrons. The van der Waals surface area contributed by atoms with Crippen LogP contribution in [0.25, 0.3) is 27.6 Å². The first-order chi connectivity index (χ1) is 15.9. The molecule has 2 aromatic heterocycles. The number of hydrogen-bond acceptors (Lipinski definition) is 4. The molecule has 0 saturated carbocycles. The monoisotopic (exact) mass is 435 g/mol. The highest BCUT2D eigenvalue weighted by Gasteiger charge is 2.18. The van der Waals surface area contributed by atoms with Crippen molar-refractivity contribution in [3.8, 4) is 5.82 Å². The third-order valence-electron chi connectivity index (χ3n) is 5.23. The highest BCUT2D eigenvalue weighted by atomic mass is 15.1. The van der Waals surface area contributed by atoms with E-state index in [1.165, 1.54) is 16.3 Å². The Hall–Kier alpha value is -4.12. The number of fused-ring (bicyclic) bond motifs is 3. The van der Waals surface area contributed by atoms with Crippen molar-refractivity contribution in [1.29, 1.82) is 0 Å². The van der Waals surface area contributed by atoms with Crippen molar-refractivity contribution in [2.24, 2.45) is 0 Å². The molecule has 0 radical (unpaired) electrons. The third-order valence-corrected chi connectivity index (χ3v) is 5.23. The van der Waals surface area contributed by atoms with Gasteiger partial charge in [-0.2, -0.15) is 0 Å². The minimum Gasteiger partial charge on any atom is -0.393 e. The lowest BCUT2D eigenvalue weighted by molar-refractivity contribution is 0.989. The third kappa shape index (κ3) is 4.44. The zero-order valence-corrected chi connectivity index (χ0v) is 19.6. The highest BCUT2D eigenvalue weighted by Crippen LogP contribution is 2.35. The fourth-order valence-corrected chi connectivity index (χ4v) is 3.82. The molecule has 0 aliphatic carbocycles. The fraction of sp³-hybridized carbons (Fsp3) is 0.143.